The minimum Gasteiger partial charge on any atom is -0.459 e. The molecule has 0 aliphatic rings. The van der Waals surface area contributed by atoms with Crippen LogP contribution in [0.15, 0.2) is 71.3 Å². The summed E-state index contributed by atoms with van der Waals surface area (Å²) in [6.07, 6.45) is -4.45. The molecule has 0 aliphatic heterocycles. The first-order valence-corrected chi connectivity index (χ1v) is 12.9. The Bertz CT molecular complexity index is 1490. The van der Waals surface area contributed by atoms with Gasteiger partial charge in [-0.1, -0.05) is 53.7 Å². The van der Waals surface area contributed by atoms with Crippen molar-refractivity contribution in [2.45, 2.75) is 52.4 Å². The monoisotopic (exact) mass is 551 g/mol. The van der Waals surface area contributed by atoms with E-state index in [1.165, 1.54) is 12.1 Å². The Hall–Kier alpha value is -3.98. The van der Waals surface area contributed by atoms with E-state index in [4.69, 9.17) is 9.26 Å². The summed E-state index contributed by atoms with van der Waals surface area (Å²) >= 11 is 0. The van der Waals surface area contributed by atoms with Gasteiger partial charge in [0.1, 0.15) is 5.60 Å². The summed E-state index contributed by atoms with van der Waals surface area (Å²) in [7, 11) is 1.86. The highest BCUT2D eigenvalue weighted by atomic mass is 19.4. The lowest BCUT2D eigenvalue weighted by atomic mass is 9.94. The number of aromatic nitrogens is 2. The largest absolute Gasteiger partial charge is 0.459 e. The second kappa shape index (κ2) is 11.3. The van der Waals surface area contributed by atoms with Crippen molar-refractivity contribution in [1.82, 2.24) is 15.0 Å². The first kappa shape index (κ1) is 29.0. The second-order valence-corrected chi connectivity index (χ2v) is 10.8. The van der Waals surface area contributed by atoms with E-state index in [1.54, 1.807) is 31.2 Å². The summed E-state index contributed by atoms with van der Waals surface area (Å²) in [5.74, 6) is 0.370. The first-order chi connectivity index (χ1) is 18.7. The number of alkyl halides is 3. The van der Waals surface area contributed by atoms with E-state index in [2.05, 4.69) is 10.1 Å². The van der Waals surface area contributed by atoms with Crippen molar-refractivity contribution in [2.24, 2.45) is 0 Å². The molecule has 0 bridgehead atoms. The van der Waals surface area contributed by atoms with Gasteiger partial charge in [-0.05, 0) is 82.1 Å². The molecule has 0 radical (unpaired) electrons. The predicted molar refractivity (Wildman–Crippen MR) is 147 cm³/mol. The summed E-state index contributed by atoms with van der Waals surface area (Å²) in [4.78, 5) is 18.6. The van der Waals surface area contributed by atoms with Gasteiger partial charge in [0.25, 0.3) is 5.89 Å². The summed E-state index contributed by atoms with van der Waals surface area (Å²) in [6.45, 7) is 9.43. The van der Waals surface area contributed by atoms with Gasteiger partial charge in [-0.2, -0.15) is 18.2 Å². The van der Waals surface area contributed by atoms with Gasteiger partial charge in [0, 0.05) is 17.2 Å². The molecule has 4 rings (SSSR count). The Morgan fingerprint density at radius 3 is 2.25 bits per heavy atom. The Morgan fingerprint density at radius 1 is 0.975 bits per heavy atom. The van der Waals surface area contributed by atoms with Crippen molar-refractivity contribution in [3.05, 3.63) is 83.4 Å². The van der Waals surface area contributed by atoms with Crippen LogP contribution in [-0.2, 0) is 15.7 Å². The Kier molecular flexibility index (Phi) is 8.16. The van der Waals surface area contributed by atoms with Crippen LogP contribution in [0.4, 0.5) is 13.2 Å². The Morgan fingerprint density at radius 2 is 1.62 bits per heavy atom. The molecule has 0 saturated heterocycles. The molecule has 0 spiro atoms. The second-order valence-electron chi connectivity index (χ2n) is 10.8. The van der Waals surface area contributed by atoms with Crippen molar-refractivity contribution in [3.8, 4) is 34.0 Å². The number of carbonyl (C=O) groups excluding carboxylic acids is 1. The van der Waals surface area contributed by atoms with Crippen molar-refractivity contribution in [1.29, 1.82) is 0 Å². The number of carbonyl (C=O) groups is 1. The van der Waals surface area contributed by atoms with Crippen LogP contribution in [0.5, 0.6) is 0 Å². The fourth-order valence-corrected chi connectivity index (χ4v) is 4.40. The molecular formula is C31H32F3N3O3. The molecule has 1 heterocycles. The van der Waals surface area contributed by atoms with Gasteiger partial charge in [-0.15, -0.1) is 0 Å². The molecule has 1 unspecified atom stereocenters. The zero-order valence-electron chi connectivity index (χ0n) is 23.3. The van der Waals surface area contributed by atoms with Crippen LogP contribution in [-0.4, -0.2) is 40.2 Å². The lowest BCUT2D eigenvalue weighted by Crippen LogP contribution is -2.34. The van der Waals surface area contributed by atoms with Crippen molar-refractivity contribution in [3.63, 3.8) is 0 Å². The van der Waals surface area contributed by atoms with Crippen LogP contribution in [0, 0.1) is 6.92 Å². The van der Waals surface area contributed by atoms with Crippen molar-refractivity contribution >= 4 is 5.97 Å². The number of aryl methyl sites for hydroxylation is 1. The van der Waals surface area contributed by atoms with Crippen LogP contribution in [0.25, 0.3) is 34.0 Å². The molecule has 0 fully saturated rings. The highest BCUT2D eigenvalue weighted by Gasteiger charge is 2.33. The lowest BCUT2D eigenvalue weighted by Gasteiger charge is -2.26. The van der Waals surface area contributed by atoms with Gasteiger partial charge in [0.15, 0.2) is 0 Å². The topological polar surface area (TPSA) is 68.5 Å². The third kappa shape index (κ3) is 6.77. The molecule has 1 aromatic heterocycles. The molecular weight excluding hydrogens is 519 g/mol. The molecule has 4 aromatic rings. The standard InChI is InChI=1S/C31H32F3N3O3/c1-19-17-23(15-16-24(19)25-9-7-8-10-26(25)31(32,33)34)29-35-28(36-40-29)22-13-11-21(12-14-22)20(2)37(6)18-27(38)39-30(3,4)5/h7-17,20H,18H2,1-6H3. The zero-order valence-corrected chi connectivity index (χ0v) is 23.3. The quantitative estimate of drug-likeness (QED) is 0.219. The van der Waals surface area contributed by atoms with Gasteiger partial charge in [0.2, 0.25) is 5.82 Å². The van der Waals surface area contributed by atoms with Gasteiger partial charge in [0.05, 0.1) is 12.1 Å². The molecule has 3 aromatic carbocycles. The van der Waals surface area contributed by atoms with Gasteiger partial charge >= 0.3 is 12.1 Å². The van der Waals surface area contributed by atoms with Crippen LogP contribution in [0.2, 0.25) is 0 Å². The maximum Gasteiger partial charge on any atom is 0.417 e. The molecule has 6 nitrogen and oxygen atoms in total. The number of hydrogen-bond acceptors (Lipinski definition) is 6. The lowest BCUT2D eigenvalue weighted by molar-refractivity contribution is -0.156. The number of halogens is 3. The molecule has 40 heavy (non-hydrogen) atoms. The number of rotatable bonds is 7. The highest BCUT2D eigenvalue weighted by molar-refractivity contribution is 5.74. The third-order valence-electron chi connectivity index (χ3n) is 6.53. The smallest absolute Gasteiger partial charge is 0.417 e. The number of nitrogens with zero attached hydrogens (tertiary/aromatic N) is 3. The summed E-state index contributed by atoms with van der Waals surface area (Å²) in [6, 6.07) is 18.2. The molecule has 0 amide bonds. The average Bonchev–Trinajstić information content (AvgIpc) is 3.37. The van der Waals surface area contributed by atoms with E-state index >= 15 is 0 Å². The van der Waals surface area contributed by atoms with E-state index in [0.717, 1.165) is 17.2 Å². The van der Waals surface area contributed by atoms with E-state index in [0.29, 0.717) is 22.5 Å². The number of hydrogen-bond donors (Lipinski definition) is 0. The number of likely N-dealkylation sites (N-methyl/N-ethyl adjacent to an activating group) is 1. The summed E-state index contributed by atoms with van der Waals surface area (Å²) in [5.41, 5.74) is 2.40. The van der Waals surface area contributed by atoms with E-state index in [-0.39, 0.29) is 30.0 Å². The van der Waals surface area contributed by atoms with Crippen LogP contribution in [0.3, 0.4) is 0 Å². The minimum atomic E-state index is -4.45. The minimum absolute atomic E-state index is 0.0358. The fourth-order valence-electron chi connectivity index (χ4n) is 4.40. The van der Waals surface area contributed by atoms with Crippen molar-refractivity contribution < 1.29 is 27.2 Å². The fraction of sp³-hybridized carbons (Fsp3) is 0.323. The molecule has 210 valence electrons. The van der Waals surface area contributed by atoms with Crippen molar-refractivity contribution in [2.75, 3.05) is 13.6 Å². The van der Waals surface area contributed by atoms with E-state index in [1.807, 2.05) is 63.9 Å². The Labute approximate surface area is 231 Å². The average molecular weight is 552 g/mol. The van der Waals surface area contributed by atoms with Gasteiger partial charge in [-0.25, -0.2) is 0 Å². The first-order valence-electron chi connectivity index (χ1n) is 12.9. The number of esters is 1. The molecule has 1 atom stereocenters. The summed E-state index contributed by atoms with van der Waals surface area (Å²) in [5, 5.41) is 4.10. The zero-order chi connectivity index (χ0) is 29.2. The molecule has 0 aliphatic carbocycles. The molecule has 0 saturated carbocycles. The third-order valence-corrected chi connectivity index (χ3v) is 6.53. The van der Waals surface area contributed by atoms with Gasteiger partial charge < -0.3 is 9.26 Å². The van der Waals surface area contributed by atoms with Gasteiger partial charge in [-0.3, -0.25) is 9.69 Å². The maximum absolute atomic E-state index is 13.5. The number of ether oxygens (including phenoxy) is 1. The van der Waals surface area contributed by atoms with Crippen LogP contribution < -0.4 is 0 Å². The highest BCUT2D eigenvalue weighted by Crippen LogP contribution is 2.39. The van der Waals surface area contributed by atoms with E-state index < -0.39 is 17.3 Å². The Balaban J connectivity index is 1.49. The van der Waals surface area contributed by atoms with E-state index in [9.17, 15) is 18.0 Å². The summed E-state index contributed by atoms with van der Waals surface area (Å²) < 4.78 is 51.5. The predicted octanol–water partition coefficient (Wildman–Crippen LogP) is 7.73. The SMILES string of the molecule is Cc1cc(-c2nc(-c3ccc(C(C)N(C)CC(=O)OC(C)(C)C)cc3)no2)ccc1-c1ccccc1C(F)(F)F. The van der Waals surface area contributed by atoms with Crippen LogP contribution >= 0.6 is 0 Å². The maximum atomic E-state index is 13.5. The number of benzene rings is 3. The molecule has 0 N–H and O–H groups in total. The van der Waals surface area contributed by atoms with Crippen LogP contribution in [0.1, 0.15) is 50.4 Å². The molecule has 9 heteroatoms. The normalized spacial score (nSPS) is 12.9.